The summed E-state index contributed by atoms with van der Waals surface area (Å²) in [4.78, 5) is 24.5. The normalized spacial score (nSPS) is 10.4. The number of anilines is 2. The predicted molar refractivity (Wildman–Crippen MR) is 85.2 cm³/mol. The molecule has 0 radical (unpaired) electrons. The van der Waals surface area contributed by atoms with Crippen LogP contribution in [0.5, 0.6) is 0 Å². The third kappa shape index (κ3) is 4.29. The molecular formula is C14H26N6O. The fourth-order valence-corrected chi connectivity index (χ4v) is 1.99. The van der Waals surface area contributed by atoms with Gasteiger partial charge in [0.05, 0.1) is 6.54 Å². The zero-order valence-electron chi connectivity index (χ0n) is 13.6. The van der Waals surface area contributed by atoms with Gasteiger partial charge in [0.15, 0.2) is 0 Å². The molecule has 1 aromatic heterocycles. The molecule has 0 spiro atoms. The molecule has 0 aromatic carbocycles. The number of amides is 1. The van der Waals surface area contributed by atoms with Crippen molar-refractivity contribution in [2.45, 2.75) is 33.6 Å². The van der Waals surface area contributed by atoms with Crippen LogP contribution in [0.25, 0.3) is 0 Å². The van der Waals surface area contributed by atoms with Gasteiger partial charge in [-0.1, -0.05) is 13.8 Å². The lowest BCUT2D eigenvalue weighted by molar-refractivity contribution is -0.127. The summed E-state index contributed by atoms with van der Waals surface area (Å²) in [6.45, 7) is 7.03. The van der Waals surface area contributed by atoms with Gasteiger partial charge < -0.3 is 15.2 Å². The Bertz CT molecular complexity index is 489. The number of hydrogen-bond acceptors (Lipinski definition) is 6. The van der Waals surface area contributed by atoms with Crippen molar-refractivity contribution < 1.29 is 4.79 Å². The highest BCUT2D eigenvalue weighted by atomic mass is 16.2. The van der Waals surface area contributed by atoms with Gasteiger partial charge in [-0.3, -0.25) is 4.79 Å². The first-order chi connectivity index (χ1) is 9.94. The van der Waals surface area contributed by atoms with Crippen LogP contribution in [0.1, 0.15) is 31.7 Å². The molecule has 118 valence electrons. The van der Waals surface area contributed by atoms with E-state index in [1.165, 1.54) is 0 Å². The molecule has 7 heteroatoms. The van der Waals surface area contributed by atoms with E-state index in [0.717, 1.165) is 24.3 Å². The molecule has 1 rings (SSSR count). The maximum Gasteiger partial charge on any atom is 0.241 e. The first-order valence-corrected chi connectivity index (χ1v) is 7.23. The number of nitrogens with zero attached hydrogens (tertiary/aromatic N) is 4. The van der Waals surface area contributed by atoms with E-state index in [-0.39, 0.29) is 5.91 Å². The highest BCUT2D eigenvalue weighted by Gasteiger charge is 2.18. The van der Waals surface area contributed by atoms with Gasteiger partial charge in [-0.2, -0.15) is 0 Å². The molecule has 0 aliphatic rings. The number of hydrogen-bond donors (Lipinski definition) is 2. The minimum atomic E-state index is 0.0433. The van der Waals surface area contributed by atoms with Gasteiger partial charge in [0, 0.05) is 32.6 Å². The smallest absolute Gasteiger partial charge is 0.241 e. The number of nitrogens with one attached hydrogen (secondary N) is 1. The SMILES string of the molecule is CCCN(CC(=O)N(C)C)c1nc(CC)nc(NN)c1C. The molecule has 0 saturated heterocycles. The lowest BCUT2D eigenvalue weighted by atomic mass is 10.2. The second-order valence-corrected chi connectivity index (χ2v) is 5.14. The van der Waals surface area contributed by atoms with Crippen molar-refractivity contribution in [3.8, 4) is 0 Å². The average Bonchev–Trinajstić information content (AvgIpc) is 2.46. The third-order valence-electron chi connectivity index (χ3n) is 3.24. The summed E-state index contributed by atoms with van der Waals surface area (Å²) < 4.78 is 0. The Morgan fingerprint density at radius 1 is 1.29 bits per heavy atom. The van der Waals surface area contributed by atoms with Gasteiger partial charge >= 0.3 is 0 Å². The van der Waals surface area contributed by atoms with Gasteiger partial charge in [-0.15, -0.1) is 0 Å². The molecule has 1 aromatic rings. The van der Waals surface area contributed by atoms with Crippen LogP contribution in [0.2, 0.25) is 0 Å². The standard InChI is InChI=1S/C14H26N6O/c1-6-8-20(9-12(21)19(4)5)14-10(3)13(18-15)16-11(7-2)17-14/h6-9,15H2,1-5H3,(H,16,17,18). The fraction of sp³-hybridized carbons (Fsp3) is 0.643. The van der Waals surface area contributed by atoms with Crippen molar-refractivity contribution in [2.24, 2.45) is 5.84 Å². The molecule has 3 N–H and O–H groups in total. The number of nitrogen functional groups attached to an aromatic ring is 1. The Balaban J connectivity index is 3.20. The van der Waals surface area contributed by atoms with Crippen LogP contribution in [-0.4, -0.2) is 48.0 Å². The molecular weight excluding hydrogens is 268 g/mol. The summed E-state index contributed by atoms with van der Waals surface area (Å²) in [6.07, 6.45) is 1.64. The van der Waals surface area contributed by atoms with Crippen LogP contribution >= 0.6 is 0 Å². The molecule has 0 saturated carbocycles. The van der Waals surface area contributed by atoms with E-state index in [2.05, 4.69) is 22.3 Å². The highest BCUT2D eigenvalue weighted by molar-refractivity contribution is 5.81. The van der Waals surface area contributed by atoms with Crippen LogP contribution in [0.4, 0.5) is 11.6 Å². The van der Waals surface area contributed by atoms with Crippen LogP contribution < -0.4 is 16.2 Å². The van der Waals surface area contributed by atoms with E-state index < -0.39 is 0 Å². The van der Waals surface area contributed by atoms with Crippen molar-refractivity contribution in [2.75, 3.05) is 37.5 Å². The molecule has 0 unspecified atom stereocenters. The second kappa shape index (κ2) is 7.78. The van der Waals surface area contributed by atoms with Crippen LogP contribution in [0, 0.1) is 6.92 Å². The minimum Gasteiger partial charge on any atom is -0.347 e. The molecule has 1 amide bonds. The first-order valence-electron chi connectivity index (χ1n) is 7.23. The van der Waals surface area contributed by atoms with Gasteiger partial charge in [-0.05, 0) is 13.3 Å². The number of aromatic nitrogens is 2. The molecule has 0 fully saturated rings. The number of nitrogens with two attached hydrogens (primary N) is 1. The number of carbonyl (C=O) groups is 1. The second-order valence-electron chi connectivity index (χ2n) is 5.14. The molecule has 1 heterocycles. The van der Waals surface area contributed by atoms with E-state index in [1.54, 1.807) is 19.0 Å². The fourth-order valence-electron chi connectivity index (χ4n) is 1.99. The molecule has 7 nitrogen and oxygen atoms in total. The average molecular weight is 294 g/mol. The first kappa shape index (κ1) is 17.2. The van der Waals surface area contributed by atoms with Gasteiger partial charge in [0.2, 0.25) is 5.91 Å². The summed E-state index contributed by atoms with van der Waals surface area (Å²) in [5.74, 6) is 7.66. The maximum atomic E-state index is 12.0. The summed E-state index contributed by atoms with van der Waals surface area (Å²) in [6, 6.07) is 0. The predicted octanol–water partition coefficient (Wildman–Crippen LogP) is 0.938. The lowest BCUT2D eigenvalue weighted by Gasteiger charge is -2.26. The Morgan fingerprint density at radius 3 is 2.43 bits per heavy atom. The summed E-state index contributed by atoms with van der Waals surface area (Å²) in [5.41, 5.74) is 3.47. The number of carbonyl (C=O) groups excluding carboxylic acids is 1. The quantitative estimate of drug-likeness (QED) is 0.575. The summed E-state index contributed by atoms with van der Waals surface area (Å²) in [5, 5.41) is 0. The number of rotatable bonds is 7. The Kier molecular flexibility index (Phi) is 6.36. The van der Waals surface area contributed by atoms with Crippen LogP contribution in [0.15, 0.2) is 0 Å². The van der Waals surface area contributed by atoms with E-state index >= 15 is 0 Å². The largest absolute Gasteiger partial charge is 0.347 e. The molecule has 21 heavy (non-hydrogen) atoms. The van der Waals surface area contributed by atoms with Crippen molar-refractivity contribution in [1.82, 2.24) is 14.9 Å². The Labute approximate surface area is 126 Å². The van der Waals surface area contributed by atoms with E-state index in [9.17, 15) is 4.79 Å². The molecule has 0 aliphatic heterocycles. The third-order valence-corrected chi connectivity index (χ3v) is 3.24. The van der Waals surface area contributed by atoms with Crippen molar-refractivity contribution in [3.05, 3.63) is 11.4 Å². The molecule has 0 atom stereocenters. The maximum absolute atomic E-state index is 12.0. The number of aryl methyl sites for hydroxylation is 1. The topological polar surface area (TPSA) is 87.4 Å². The van der Waals surface area contributed by atoms with Crippen molar-refractivity contribution in [1.29, 1.82) is 0 Å². The van der Waals surface area contributed by atoms with Gasteiger partial charge in [0.1, 0.15) is 17.5 Å². The van der Waals surface area contributed by atoms with Gasteiger partial charge in [0.25, 0.3) is 0 Å². The van der Waals surface area contributed by atoms with Crippen molar-refractivity contribution >= 4 is 17.5 Å². The van der Waals surface area contributed by atoms with Crippen LogP contribution in [-0.2, 0) is 11.2 Å². The zero-order chi connectivity index (χ0) is 16.0. The lowest BCUT2D eigenvalue weighted by Crippen LogP contribution is -2.38. The number of likely N-dealkylation sites (N-methyl/N-ethyl adjacent to an activating group) is 1. The molecule has 0 bridgehead atoms. The Morgan fingerprint density at radius 2 is 1.95 bits per heavy atom. The molecule has 0 aliphatic carbocycles. The van der Waals surface area contributed by atoms with E-state index in [0.29, 0.717) is 24.6 Å². The summed E-state index contributed by atoms with van der Waals surface area (Å²) in [7, 11) is 3.51. The van der Waals surface area contributed by atoms with Crippen LogP contribution in [0.3, 0.4) is 0 Å². The summed E-state index contributed by atoms with van der Waals surface area (Å²) >= 11 is 0. The van der Waals surface area contributed by atoms with Gasteiger partial charge in [-0.25, -0.2) is 15.8 Å². The Hall–Kier alpha value is -1.89. The monoisotopic (exact) mass is 294 g/mol. The van der Waals surface area contributed by atoms with E-state index in [1.807, 2.05) is 18.7 Å². The zero-order valence-corrected chi connectivity index (χ0v) is 13.6. The van der Waals surface area contributed by atoms with Crippen molar-refractivity contribution in [3.63, 3.8) is 0 Å². The number of hydrazine groups is 1. The van der Waals surface area contributed by atoms with E-state index in [4.69, 9.17) is 5.84 Å². The minimum absolute atomic E-state index is 0.0433. The highest BCUT2D eigenvalue weighted by Crippen LogP contribution is 2.23.